The van der Waals surface area contributed by atoms with E-state index >= 15 is 0 Å². The van der Waals surface area contributed by atoms with Gasteiger partial charge in [0, 0.05) is 6.54 Å². The third-order valence-corrected chi connectivity index (χ3v) is 3.87. The summed E-state index contributed by atoms with van der Waals surface area (Å²) in [6.45, 7) is 1.52. The molecule has 27 heavy (non-hydrogen) atoms. The number of hydrogen-bond acceptors (Lipinski definition) is 5. The summed E-state index contributed by atoms with van der Waals surface area (Å²) in [5.41, 5.74) is 4.24. The van der Waals surface area contributed by atoms with E-state index in [9.17, 15) is 9.59 Å². The Hall–Kier alpha value is -3.35. The van der Waals surface area contributed by atoms with Gasteiger partial charge in [0.25, 0.3) is 0 Å². The number of hydrazone groups is 1. The highest BCUT2D eigenvalue weighted by Gasteiger charge is 2.11. The van der Waals surface area contributed by atoms with Crippen molar-refractivity contribution < 1.29 is 19.1 Å². The van der Waals surface area contributed by atoms with Crippen LogP contribution in [-0.2, 0) is 16.0 Å². The average Bonchev–Trinajstić information content (AvgIpc) is 2.68. The molecule has 2 N–H and O–H groups in total. The van der Waals surface area contributed by atoms with Gasteiger partial charge >= 0.3 is 0 Å². The van der Waals surface area contributed by atoms with Crippen molar-refractivity contribution in [3.8, 4) is 11.5 Å². The first-order valence-electron chi connectivity index (χ1n) is 8.73. The quantitative estimate of drug-likeness (QED) is 0.442. The number of carbonyl (C=O) groups excluding carboxylic acids is 2. The maximum atomic E-state index is 11.8. The summed E-state index contributed by atoms with van der Waals surface area (Å²) in [6.07, 6.45) is 1.94. The van der Waals surface area contributed by atoms with E-state index in [1.807, 2.05) is 30.3 Å². The van der Waals surface area contributed by atoms with Crippen molar-refractivity contribution in [1.29, 1.82) is 0 Å². The first-order valence-corrected chi connectivity index (χ1v) is 8.73. The number of ether oxygens (including phenoxy) is 2. The van der Waals surface area contributed by atoms with Crippen molar-refractivity contribution in [3.05, 3.63) is 59.7 Å². The molecule has 0 radical (unpaired) electrons. The Morgan fingerprint density at radius 2 is 1.78 bits per heavy atom. The SMILES string of the molecule is O=C(CC(=O)N/N=C\c1ccc2c(c1)OCCO2)NCCc1ccccc1. The summed E-state index contributed by atoms with van der Waals surface area (Å²) in [5.74, 6) is 0.530. The molecule has 2 amide bonds. The van der Waals surface area contributed by atoms with E-state index in [1.165, 1.54) is 6.21 Å². The minimum atomic E-state index is -0.471. The summed E-state index contributed by atoms with van der Waals surface area (Å²) in [5, 5.41) is 6.59. The van der Waals surface area contributed by atoms with Gasteiger partial charge in [-0.3, -0.25) is 9.59 Å². The number of nitrogens with one attached hydrogen (secondary N) is 2. The van der Waals surface area contributed by atoms with Crippen LogP contribution in [0.2, 0.25) is 0 Å². The van der Waals surface area contributed by atoms with E-state index in [-0.39, 0.29) is 12.3 Å². The second-order valence-electron chi connectivity index (χ2n) is 5.96. The number of rotatable bonds is 7. The largest absolute Gasteiger partial charge is 0.486 e. The molecule has 0 saturated carbocycles. The molecule has 2 aromatic carbocycles. The molecule has 0 spiro atoms. The first kappa shape index (κ1) is 18.4. The van der Waals surface area contributed by atoms with Crippen LogP contribution in [-0.4, -0.2) is 37.8 Å². The Labute approximate surface area is 157 Å². The van der Waals surface area contributed by atoms with Crippen LogP contribution in [0.25, 0.3) is 0 Å². The fourth-order valence-electron chi connectivity index (χ4n) is 2.56. The summed E-state index contributed by atoms with van der Waals surface area (Å²) in [4.78, 5) is 23.6. The lowest BCUT2D eigenvalue weighted by Crippen LogP contribution is -2.31. The fraction of sp³-hybridized carbons (Fsp3) is 0.250. The second kappa shape index (κ2) is 9.38. The fourth-order valence-corrected chi connectivity index (χ4v) is 2.56. The van der Waals surface area contributed by atoms with Crippen molar-refractivity contribution >= 4 is 18.0 Å². The molecule has 1 aliphatic heterocycles. The van der Waals surface area contributed by atoms with Crippen LogP contribution in [0, 0.1) is 0 Å². The van der Waals surface area contributed by atoms with Gasteiger partial charge < -0.3 is 14.8 Å². The highest BCUT2D eigenvalue weighted by atomic mass is 16.6. The third kappa shape index (κ3) is 5.85. The molecule has 0 aliphatic carbocycles. The summed E-state index contributed by atoms with van der Waals surface area (Å²) >= 11 is 0. The van der Waals surface area contributed by atoms with Gasteiger partial charge in [-0.15, -0.1) is 0 Å². The van der Waals surface area contributed by atoms with Crippen LogP contribution >= 0.6 is 0 Å². The Morgan fingerprint density at radius 1 is 1.00 bits per heavy atom. The van der Waals surface area contributed by atoms with Gasteiger partial charge in [0.2, 0.25) is 11.8 Å². The molecule has 0 saturated heterocycles. The lowest BCUT2D eigenvalue weighted by Gasteiger charge is -2.18. The van der Waals surface area contributed by atoms with Crippen LogP contribution < -0.4 is 20.2 Å². The Kier molecular flexibility index (Phi) is 6.40. The van der Waals surface area contributed by atoms with Crippen molar-refractivity contribution in [3.63, 3.8) is 0 Å². The van der Waals surface area contributed by atoms with Gasteiger partial charge in [0.15, 0.2) is 11.5 Å². The number of nitrogens with zero attached hydrogens (tertiary/aromatic N) is 1. The van der Waals surface area contributed by atoms with Crippen molar-refractivity contribution in [2.24, 2.45) is 5.10 Å². The predicted octanol–water partition coefficient (Wildman–Crippen LogP) is 1.66. The standard InChI is InChI=1S/C20H21N3O4/c24-19(21-9-8-15-4-2-1-3-5-15)13-20(25)23-22-14-16-6-7-17-18(12-16)27-11-10-26-17/h1-7,12,14H,8-11,13H2,(H,21,24)(H,23,25)/b22-14-. The predicted molar refractivity (Wildman–Crippen MR) is 101 cm³/mol. The highest BCUT2D eigenvalue weighted by Crippen LogP contribution is 2.30. The van der Waals surface area contributed by atoms with Crippen LogP contribution in [0.1, 0.15) is 17.5 Å². The van der Waals surface area contributed by atoms with Gasteiger partial charge in [-0.25, -0.2) is 5.43 Å². The summed E-state index contributed by atoms with van der Waals surface area (Å²) < 4.78 is 10.9. The number of carbonyl (C=O) groups is 2. The van der Waals surface area contributed by atoms with Crippen LogP contribution in [0.15, 0.2) is 53.6 Å². The molecule has 0 unspecified atom stereocenters. The molecule has 3 rings (SSSR count). The molecule has 0 fully saturated rings. The van der Waals surface area contributed by atoms with E-state index < -0.39 is 5.91 Å². The summed E-state index contributed by atoms with van der Waals surface area (Å²) in [6, 6.07) is 15.2. The molecule has 1 aliphatic rings. The molecule has 0 atom stereocenters. The smallest absolute Gasteiger partial charge is 0.249 e. The Morgan fingerprint density at radius 3 is 2.59 bits per heavy atom. The van der Waals surface area contributed by atoms with E-state index in [0.717, 1.165) is 17.5 Å². The zero-order valence-electron chi connectivity index (χ0n) is 14.8. The van der Waals surface area contributed by atoms with Gasteiger partial charge in [-0.2, -0.15) is 5.10 Å². The Bertz CT molecular complexity index is 821. The van der Waals surface area contributed by atoms with E-state index in [2.05, 4.69) is 15.8 Å². The minimum absolute atomic E-state index is 0.271. The van der Waals surface area contributed by atoms with Crippen molar-refractivity contribution in [2.75, 3.05) is 19.8 Å². The molecule has 7 heteroatoms. The number of fused-ring (bicyclic) bond motifs is 1. The zero-order valence-corrected chi connectivity index (χ0v) is 14.8. The molecule has 7 nitrogen and oxygen atoms in total. The van der Waals surface area contributed by atoms with Crippen LogP contribution in [0.3, 0.4) is 0 Å². The number of benzene rings is 2. The van der Waals surface area contributed by atoms with Crippen molar-refractivity contribution in [1.82, 2.24) is 10.7 Å². The molecule has 140 valence electrons. The van der Waals surface area contributed by atoms with Gasteiger partial charge in [0.1, 0.15) is 19.6 Å². The number of hydrogen-bond donors (Lipinski definition) is 2. The van der Waals surface area contributed by atoms with Crippen LogP contribution in [0.5, 0.6) is 11.5 Å². The molecule has 1 heterocycles. The molecule has 0 aromatic heterocycles. The molecule has 2 aromatic rings. The van der Waals surface area contributed by atoms with E-state index in [4.69, 9.17) is 9.47 Å². The maximum absolute atomic E-state index is 11.8. The number of amides is 2. The van der Waals surface area contributed by atoms with Gasteiger partial charge in [-0.05, 0) is 35.7 Å². The second-order valence-corrected chi connectivity index (χ2v) is 5.96. The summed E-state index contributed by atoms with van der Waals surface area (Å²) in [7, 11) is 0. The van der Waals surface area contributed by atoms with Crippen molar-refractivity contribution in [2.45, 2.75) is 12.8 Å². The molecular weight excluding hydrogens is 346 g/mol. The minimum Gasteiger partial charge on any atom is -0.486 e. The first-order chi connectivity index (χ1) is 13.2. The van der Waals surface area contributed by atoms with Gasteiger partial charge in [-0.1, -0.05) is 30.3 Å². The molecule has 0 bridgehead atoms. The van der Waals surface area contributed by atoms with Gasteiger partial charge in [0.05, 0.1) is 6.21 Å². The average molecular weight is 367 g/mol. The third-order valence-electron chi connectivity index (χ3n) is 3.87. The lowest BCUT2D eigenvalue weighted by atomic mass is 10.1. The van der Waals surface area contributed by atoms with Crippen LogP contribution in [0.4, 0.5) is 0 Å². The lowest BCUT2D eigenvalue weighted by molar-refractivity contribution is -0.129. The maximum Gasteiger partial charge on any atom is 0.249 e. The van der Waals surface area contributed by atoms with E-state index in [0.29, 0.717) is 31.3 Å². The normalized spacial score (nSPS) is 12.6. The Balaban J connectivity index is 1.38. The highest BCUT2D eigenvalue weighted by molar-refractivity contribution is 5.97. The zero-order chi connectivity index (χ0) is 18.9. The molecular formula is C20H21N3O4. The monoisotopic (exact) mass is 367 g/mol. The topological polar surface area (TPSA) is 89.0 Å². The van der Waals surface area contributed by atoms with E-state index in [1.54, 1.807) is 18.2 Å².